The molecule has 2 fully saturated rings. The zero-order chi connectivity index (χ0) is 67.0. The highest BCUT2D eigenvalue weighted by Gasteiger charge is 2.42. The molecule has 4 aromatic carbocycles. The Bertz CT molecular complexity index is 3210. The normalized spacial score (nSPS) is 23.9. The van der Waals surface area contributed by atoms with Gasteiger partial charge < -0.3 is 75.1 Å². The lowest BCUT2D eigenvalue weighted by Gasteiger charge is -2.32. The van der Waals surface area contributed by atoms with E-state index in [-0.39, 0.29) is 76.1 Å². The minimum atomic E-state index is -1.85. The standard InChI is InChI=1S/C66H87N13O13/c1-38(2)32-47-59(85)77-52(36-42-20-12-7-13-21-42)66(92)79-31-15-23-53(79)64(90)76-49(34-41-18-10-6-11-19-41)61(87)74-48(33-40-16-8-5-9-17-40)60(86)75-51(37-55(69)82)62(88)70-46(28-29-54(68)81)58(84)73-50(35-43-24-26-44(80)27-25-43)63(89)78-56(39(3)4)65(91)71-45(22-14-30-67)57(83)72-47/h5-13,16-21,24-27,38-39,45-53,56,80H,14-15,22-23,28-37,67H2,1-4H3,(H2,68,81)(H2,69,82)(H,70,88)(H,71,91)(H,72,83)(H,73,84)(H,74,87)(H,75,86)(H,76,90)(H,77,85)(H,78,89). The van der Waals surface area contributed by atoms with Gasteiger partial charge in [0.05, 0.1) is 6.42 Å². The maximum atomic E-state index is 15.1. The summed E-state index contributed by atoms with van der Waals surface area (Å²) in [6.07, 6.45) is -1.75. The molecule has 12 amide bonds. The quantitative estimate of drug-likeness (QED) is 0.0569. The van der Waals surface area contributed by atoms with Crippen molar-refractivity contribution in [3.8, 4) is 5.75 Å². The summed E-state index contributed by atoms with van der Waals surface area (Å²) < 4.78 is 0. The van der Waals surface area contributed by atoms with Crippen molar-refractivity contribution in [3.63, 3.8) is 0 Å². The molecule has 0 bridgehead atoms. The molecule has 0 aliphatic carbocycles. The van der Waals surface area contributed by atoms with E-state index in [0.717, 1.165) is 0 Å². The third-order valence-corrected chi connectivity index (χ3v) is 15.8. The van der Waals surface area contributed by atoms with Gasteiger partial charge in [-0.25, -0.2) is 0 Å². The Morgan fingerprint density at radius 3 is 1.34 bits per heavy atom. The van der Waals surface area contributed by atoms with Gasteiger partial charge in [0.2, 0.25) is 70.9 Å². The number of benzene rings is 4. The topological polar surface area (TPSA) is 415 Å². The minimum absolute atomic E-state index is 0.0273. The minimum Gasteiger partial charge on any atom is -0.508 e. The van der Waals surface area contributed by atoms with Crippen molar-refractivity contribution >= 4 is 70.9 Å². The number of hydrogen-bond donors (Lipinski definition) is 13. The molecule has 494 valence electrons. The van der Waals surface area contributed by atoms with E-state index in [4.69, 9.17) is 17.2 Å². The fourth-order valence-corrected chi connectivity index (χ4v) is 11.0. The van der Waals surface area contributed by atoms with Crippen molar-refractivity contribution < 1.29 is 62.6 Å². The number of amides is 12. The van der Waals surface area contributed by atoms with E-state index in [1.807, 2.05) is 13.8 Å². The largest absolute Gasteiger partial charge is 0.508 e. The van der Waals surface area contributed by atoms with Gasteiger partial charge in [-0.1, -0.05) is 131 Å². The lowest BCUT2D eigenvalue weighted by molar-refractivity contribution is -0.142. The monoisotopic (exact) mass is 1270 g/mol. The number of fused-ring (bicyclic) bond motifs is 1. The summed E-state index contributed by atoms with van der Waals surface area (Å²) in [6, 6.07) is 16.9. The first kappa shape index (κ1) is 71.4. The molecular weight excluding hydrogens is 1180 g/mol. The summed E-state index contributed by atoms with van der Waals surface area (Å²) in [5, 5.41) is 34.3. The predicted octanol–water partition coefficient (Wildman–Crippen LogP) is -0.388. The second-order valence-corrected chi connectivity index (χ2v) is 24.1. The van der Waals surface area contributed by atoms with E-state index >= 15 is 4.79 Å². The van der Waals surface area contributed by atoms with Crippen molar-refractivity contribution in [2.45, 2.75) is 165 Å². The summed E-state index contributed by atoms with van der Waals surface area (Å²) >= 11 is 0. The van der Waals surface area contributed by atoms with Gasteiger partial charge in [-0.2, -0.15) is 0 Å². The van der Waals surface area contributed by atoms with Crippen molar-refractivity contribution in [1.82, 2.24) is 52.8 Å². The molecule has 92 heavy (non-hydrogen) atoms. The molecule has 0 aromatic heterocycles. The number of aromatic hydroxyl groups is 1. The van der Waals surface area contributed by atoms with Crippen molar-refractivity contribution in [2.24, 2.45) is 29.0 Å². The van der Waals surface area contributed by atoms with Crippen LogP contribution in [0.3, 0.4) is 0 Å². The van der Waals surface area contributed by atoms with Crippen LogP contribution in [-0.4, -0.2) is 154 Å². The van der Waals surface area contributed by atoms with E-state index in [1.165, 1.54) is 29.2 Å². The van der Waals surface area contributed by atoms with Crippen LogP contribution in [0.4, 0.5) is 0 Å². The molecule has 2 aliphatic rings. The Balaban J connectivity index is 1.46. The third-order valence-electron chi connectivity index (χ3n) is 15.8. The highest BCUT2D eigenvalue weighted by atomic mass is 16.3. The third kappa shape index (κ3) is 22.0. The van der Waals surface area contributed by atoms with Crippen LogP contribution in [0.1, 0.15) is 101 Å². The van der Waals surface area contributed by atoms with Gasteiger partial charge in [0.1, 0.15) is 66.2 Å². The molecule has 4 aromatic rings. The number of phenolic OH excluding ortho intramolecular Hbond substituents is 1. The number of primary amides is 2. The van der Waals surface area contributed by atoms with E-state index in [2.05, 4.69) is 47.9 Å². The van der Waals surface area contributed by atoms with Crippen LogP contribution in [0.2, 0.25) is 0 Å². The first-order valence-corrected chi connectivity index (χ1v) is 31.1. The summed E-state index contributed by atoms with van der Waals surface area (Å²) in [4.78, 5) is 174. The summed E-state index contributed by atoms with van der Waals surface area (Å²) in [7, 11) is 0. The predicted molar refractivity (Wildman–Crippen MR) is 339 cm³/mol. The molecule has 0 radical (unpaired) electrons. The molecule has 10 unspecified atom stereocenters. The number of hydrogen-bond acceptors (Lipinski definition) is 14. The zero-order valence-electron chi connectivity index (χ0n) is 52.3. The molecule has 26 heteroatoms. The summed E-state index contributed by atoms with van der Waals surface area (Å²) in [5.74, 6) is -11.8. The van der Waals surface area contributed by atoms with Gasteiger partial charge in [0.15, 0.2) is 0 Å². The highest BCUT2D eigenvalue weighted by molar-refractivity contribution is 6.01. The van der Waals surface area contributed by atoms with Crippen molar-refractivity contribution in [3.05, 3.63) is 138 Å². The Kier molecular flexibility index (Phi) is 27.2. The van der Waals surface area contributed by atoms with Gasteiger partial charge in [0, 0.05) is 38.6 Å². The molecular formula is C66H87N13O13. The Morgan fingerprint density at radius 2 is 0.859 bits per heavy atom. The number of carbonyl (C=O) groups excluding carboxylic acids is 12. The molecule has 2 saturated heterocycles. The van der Waals surface area contributed by atoms with Crippen LogP contribution < -0.4 is 65.1 Å². The van der Waals surface area contributed by atoms with Gasteiger partial charge in [-0.15, -0.1) is 0 Å². The van der Waals surface area contributed by atoms with Gasteiger partial charge in [0.25, 0.3) is 0 Å². The number of rotatable bonds is 19. The van der Waals surface area contributed by atoms with E-state index < -0.39 is 156 Å². The molecule has 0 spiro atoms. The summed E-state index contributed by atoms with van der Waals surface area (Å²) in [5.41, 5.74) is 19.3. The van der Waals surface area contributed by atoms with Crippen LogP contribution in [0.5, 0.6) is 5.75 Å². The van der Waals surface area contributed by atoms with Gasteiger partial charge >= 0.3 is 0 Å². The number of carbonyl (C=O) groups is 12. The molecule has 2 heterocycles. The number of phenols is 1. The second-order valence-electron chi connectivity index (χ2n) is 24.1. The Morgan fingerprint density at radius 1 is 0.467 bits per heavy atom. The number of nitrogens with one attached hydrogen (secondary N) is 9. The average Bonchev–Trinajstić information content (AvgIpc) is 1.56. The van der Waals surface area contributed by atoms with E-state index in [1.54, 1.807) is 105 Å². The zero-order valence-corrected chi connectivity index (χ0v) is 52.3. The first-order chi connectivity index (χ1) is 43.9. The highest BCUT2D eigenvalue weighted by Crippen LogP contribution is 2.22. The molecule has 10 atom stereocenters. The Hall–Kier alpha value is -9.72. The molecule has 0 saturated carbocycles. The van der Waals surface area contributed by atoms with Gasteiger partial charge in [-0.3, -0.25) is 57.5 Å². The smallest absolute Gasteiger partial charge is 0.246 e. The van der Waals surface area contributed by atoms with Crippen molar-refractivity contribution in [1.29, 1.82) is 0 Å². The average molecular weight is 1270 g/mol. The number of nitrogens with two attached hydrogens (primary N) is 3. The van der Waals surface area contributed by atoms with Crippen LogP contribution in [-0.2, 0) is 83.2 Å². The maximum Gasteiger partial charge on any atom is 0.246 e. The van der Waals surface area contributed by atoms with E-state index in [9.17, 15) is 57.8 Å². The molecule has 2 aliphatic heterocycles. The Labute approximate surface area is 534 Å². The van der Waals surface area contributed by atoms with Crippen LogP contribution in [0, 0.1) is 11.8 Å². The number of nitrogens with zero attached hydrogens (tertiary/aromatic N) is 1. The molecule has 26 nitrogen and oxygen atoms in total. The fourth-order valence-electron chi connectivity index (χ4n) is 11.0. The van der Waals surface area contributed by atoms with Crippen LogP contribution >= 0.6 is 0 Å². The first-order valence-electron chi connectivity index (χ1n) is 31.1. The van der Waals surface area contributed by atoms with Crippen molar-refractivity contribution in [2.75, 3.05) is 13.1 Å². The van der Waals surface area contributed by atoms with Gasteiger partial charge in [-0.05, 0) is 91.3 Å². The van der Waals surface area contributed by atoms with Crippen LogP contribution in [0.15, 0.2) is 115 Å². The van der Waals surface area contributed by atoms with Crippen LogP contribution in [0.25, 0.3) is 0 Å². The SMILES string of the molecule is CC(C)CC1NC(=O)C(CCCN)NC(=O)C(C(C)C)NC(=O)C(Cc2ccc(O)cc2)NC(=O)C(CCC(N)=O)NC(=O)C(CC(N)=O)NC(=O)C(Cc2ccccc2)NC(=O)C(Cc2ccccc2)NC(=O)C2CCCN2C(=O)C(Cc2ccccc2)NC1=O. The molecule has 6 rings (SSSR count). The maximum absolute atomic E-state index is 15.1. The summed E-state index contributed by atoms with van der Waals surface area (Å²) in [6.45, 7) is 7.05. The lowest BCUT2D eigenvalue weighted by Crippen LogP contribution is -2.62. The second kappa shape index (κ2) is 35.0. The molecule has 16 N–H and O–H groups in total. The van der Waals surface area contributed by atoms with E-state index in [0.29, 0.717) is 28.7 Å². The lowest BCUT2D eigenvalue weighted by atomic mass is 9.98. The fraction of sp³-hybridized carbons (Fsp3) is 0.455.